The Morgan fingerprint density at radius 2 is 2.06 bits per heavy atom. The van der Waals surface area contributed by atoms with Gasteiger partial charge in [-0.25, -0.2) is 0 Å². The molecule has 1 heterocycles. The zero-order chi connectivity index (χ0) is 13.1. The lowest BCUT2D eigenvalue weighted by atomic mass is 9.97. The third kappa shape index (κ3) is 4.66. The third-order valence-electron chi connectivity index (χ3n) is 3.27. The van der Waals surface area contributed by atoms with Gasteiger partial charge in [0.05, 0.1) is 0 Å². The van der Waals surface area contributed by atoms with Gasteiger partial charge >= 0.3 is 5.97 Å². The largest absolute Gasteiger partial charge is 0.459 e. The van der Waals surface area contributed by atoms with Gasteiger partial charge in [0, 0.05) is 6.04 Å². The normalized spacial score (nSPS) is 29.4. The molecule has 1 rings (SSSR count). The molecule has 0 aromatic heterocycles. The number of rotatable bonds is 4. The molecule has 0 spiro atoms. The molecule has 1 saturated heterocycles. The van der Waals surface area contributed by atoms with Crippen molar-refractivity contribution in [1.82, 2.24) is 5.32 Å². The highest BCUT2D eigenvalue weighted by atomic mass is 16.6. The summed E-state index contributed by atoms with van der Waals surface area (Å²) in [4.78, 5) is 11.9. The number of ether oxygens (including phenoxy) is 1. The smallest absolute Gasteiger partial charge is 0.323 e. The number of hydrogen-bond donors (Lipinski definition) is 1. The molecule has 0 amide bonds. The summed E-state index contributed by atoms with van der Waals surface area (Å²) in [7, 11) is 0. The topological polar surface area (TPSA) is 38.3 Å². The van der Waals surface area contributed by atoms with Crippen molar-refractivity contribution >= 4 is 5.97 Å². The van der Waals surface area contributed by atoms with E-state index < -0.39 is 0 Å². The summed E-state index contributed by atoms with van der Waals surface area (Å²) in [6.45, 7) is 10.2. The molecular weight excluding hydrogens is 214 g/mol. The van der Waals surface area contributed by atoms with Gasteiger partial charge in [-0.3, -0.25) is 4.79 Å². The summed E-state index contributed by atoms with van der Waals surface area (Å²) in [5.74, 6) is 0.474. The molecule has 0 aliphatic carbocycles. The molecule has 0 aromatic carbocycles. The quantitative estimate of drug-likeness (QED) is 0.769. The van der Waals surface area contributed by atoms with E-state index >= 15 is 0 Å². The zero-order valence-electron chi connectivity index (χ0n) is 11.9. The van der Waals surface area contributed by atoms with Crippen LogP contribution in [0, 0.1) is 5.92 Å². The minimum absolute atomic E-state index is 0.0941. The highest BCUT2D eigenvalue weighted by molar-refractivity contribution is 5.76. The maximum atomic E-state index is 11.9. The van der Waals surface area contributed by atoms with Crippen molar-refractivity contribution in [3.63, 3.8) is 0 Å². The second-order valence-corrected chi connectivity index (χ2v) is 6.21. The van der Waals surface area contributed by atoms with Gasteiger partial charge in [0.1, 0.15) is 11.6 Å². The van der Waals surface area contributed by atoms with Crippen LogP contribution in [0.5, 0.6) is 0 Å². The van der Waals surface area contributed by atoms with E-state index in [0.717, 1.165) is 12.8 Å². The highest BCUT2D eigenvalue weighted by Crippen LogP contribution is 2.25. The molecule has 1 aliphatic rings. The molecule has 3 nitrogen and oxygen atoms in total. The van der Waals surface area contributed by atoms with Gasteiger partial charge in [-0.1, -0.05) is 26.7 Å². The fourth-order valence-corrected chi connectivity index (χ4v) is 2.36. The summed E-state index contributed by atoms with van der Waals surface area (Å²) in [5, 5.41) is 3.42. The monoisotopic (exact) mass is 241 g/mol. The fourth-order valence-electron chi connectivity index (χ4n) is 2.36. The predicted molar refractivity (Wildman–Crippen MR) is 69.9 cm³/mol. The van der Waals surface area contributed by atoms with Crippen molar-refractivity contribution in [3.8, 4) is 0 Å². The van der Waals surface area contributed by atoms with E-state index in [2.05, 4.69) is 19.2 Å². The van der Waals surface area contributed by atoms with Crippen LogP contribution in [-0.4, -0.2) is 23.7 Å². The van der Waals surface area contributed by atoms with Gasteiger partial charge < -0.3 is 10.1 Å². The first-order chi connectivity index (χ1) is 7.83. The number of carbonyl (C=O) groups excluding carboxylic acids is 1. The molecule has 3 atom stereocenters. The Morgan fingerprint density at radius 1 is 1.41 bits per heavy atom. The molecule has 3 heteroatoms. The van der Waals surface area contributed by atoms with Gasteiger partial charge in [-0.15, -0.1) is 0 Å². The van der Waals surface area contributed by atoms with Crippen molar-refractivity contribution in [3.05, 3.63) is 0 Å². The van der Waals surface area contributed by atoms with Crippen molar-refractivity contribution in [2.45, 2.75) is 78.0 Å². The van der Waals surface area contributed by atoms with Crippen LogP contribution in [0.1, 0.15) is 60.3 Å². The zero-order valence-corrected chi connectivity index (χ0v) is 11.9. The van der Waals surface area contributed by atoms with Gasteiger partial charge in [0.15, 0.2) is 0 Å². The summed E-state index contributed by atoms with van der Waals surface area (Å²) >= 11 is 0. The van der Waals surface area contributed by atoms with Gasteiger partial charge in [-0.05, 0) is 39.5 Å². The Morgan fingerprint density at radius 3 is 2.59 bits per heavy atom. The molecule has 1 fully saturated rings. The Hall–Kier alpha value is -0.570. The van der Waals surface area contributed by atoms with Crippen LogP contribution >= 0.6 is 0 Å². The first-order valence-electron chi connectivity index (χ1n) is 6.82. The molecule has 1 N–H and O–H groups in total. The van der Waals surface area contributed by atoms with E-state index in [4.69, 9.17) is 4.74 Å². The van der Waals surface area contributed by atoms with Crippen molar-refractivity contribution < 1.29 is 9.53 Å². The standard InChI is InChI=1S/C14H27NO2/c1-6-7-8-11-10(2)9-12(15-11)13(16)17-14(3,4)5/h10-12,15H,6-9H2,1-5H3. The van der Waals surface area contributed by atoms with Crippen molar-refractivity contribution in [2.75, 3.05) is 0 Å². The van der Waals surface area contributed by atoms with E-state index in [0.29, 0.717) is 12.0 Å². The molecule has 1 aliphatic heterocycles. The van der Waals surface area contributed by atoms with Crippen LogP contribution in [0.2, 0.25) is 0 Å². The van der Waals surface area contributed by atoms with E-state index in [1.165, 1.54) is 12.8 Å². The van der Waals surface area contributed by atoms with E-state index in [-0.39, 0.29) is 17.6 Å². The Labute approximate surface area is 105 Å². The first-order valence-corrected chi connectivity index (χ1v) is 6.82. The molecule has 0 bridgehead atoms. The van der Waals surface area contributed by atoms with Gasteiger partial charge in [0.25, 0.3) is 0 Å². The summed E-state index contributed by atoms with van der Waals surface area (Å²) in [6.07, 6.45) is 4.51. The maximum Gasteiger partial charge on any atom is 0.323 e. The molecule has 0 aromatic rings. The number of nitrogens with one attached hydrogen (secondary N) is 1. The minimum Gasteiger partial charge on any atom is -0.459 e. The maximum absolute atomic E-state index is 11.9. The number of carbonyl (C=O) groups is 1. The van der Waals surface area contributed by atoms with E-state index in [9.17, 15) is 4.79 Å². The van der Waals surface area contributed by atoms with E-state index in [1.807, 2.05) is 20.8 Å². The number of esters is 1. The molecule has 0 radical (unpaired) electrons. The Kier molecular flexibility index (Phi) is 4.99. The lowest BCUT2D eigenvalue weighted by Crippen LogP contribution is -2.40. The average molecular weight is 241 g/mol. The second-order valence-electron chi connectivity index (χ2n) is 6.21. The van der Waals surface area contributed by atoms with Crippen LogP contribution in [0.25, 0.3) is 0 Å². The molecule has 100 valence electrons. The van der Waals surface area contributed by atoms with Crippen LogP contribution in [0.15, 0.2) is 0 Å². The van der Waals surface area contributed by atoms with Crippen LogP contribution in [0.3, 0.4) is 0 Å². The van der Waals surface area contributed by atoms with E-state index in [1.54, 1.807) is 0 Å². The first kappa shape index (κ1) is 14.5. The third-order valence-corrected chi connectivity index (χ3v) is 3.27. The van der Waals surface area contributed by atoms with Gasteiger partial charge in [0.2, 0.25) is 0 Å². The molecule has 0 saturated carbocycles. The van der Waals surface area contributed by atoms with Crippen molar-refractivity contribution in [2.24, 2.45) is 5.92 Å². The molecule has 17 heavy (non-hydrogen) atoms. The minimum atomic E-state index is -0.385. The summed E-state index contributed by atoms with van der Waals surface area (Å²) in [6, 6.07) is 0.374. The number of unbranched alkanes of at least 4 members (excludes halogenated alkanes) is 1. The average Bonchev–Trinajstić information content (AvgIpc) is 2.54. The Bertz CT molecular complexity index is 257. The molecular formula is C14H27NO2. The highest BCUT2D eigenvalue weighted by Gasteiger charge is 2.36. The SMILES string of the molecule is CCCCC1NC(C(=O)OC(C)(C)C)CC1C. The summed E-state index contributed by atoms with van der Waals surface area (Å²) in [5.41, 5.74) is -0.385. The fraction of sp³-hybridized carbons (Fsp3) is 0.929. The van der Waals surface area contributed by atoms with Crippen LogP contribution in [-0.2, 0) is 9.53 Å². The van der Waals surface area contributed by atoms with Crippen LogP contribution in [0.4, 0.5) is 0 Å². The number of hydrogen-bond acceptors (Lipinski definition) is 3. The molecule has 3 unspecified atom stereocenters. The second kappa shape index (κ2) is 5.85. The van der Waals surface area contributed by atoms with Crippen molar-refractivity contribution in [1.29, 1.82) is 0 Å². The van der Waals surface area contributed by atoms with Gasteiger partial charge in [-0.2, -0.15) is 0 Å². The lowest BCUT2D eigenvalue weighted by Gasteiger charge is -2.22. The predicted octanol–water partition coefficient (Wildman–Crippen LogP) is 2.88. The Balaban J connectivity index is 2.45. The van der Waals surface area contributed by atoms with Crippen LogP contribution < -0.4 is 5.32 Å². The summed E-state index contributed by atoms with van der Waals surface area (Å²) < 4.78 is 5.42. The lowest BCUT2D eigenvalue weighted by molar-refractivity contribution is -0.157.